The highest BCUT2D eigenvalue weighted by atomic mass is 16.6. The van der Waals surface area contributed by atoms with Crippen LogP contribution in [-0.4, -0.2) is 17.3 Å². The standard InChI is InChI=1S/C9H11N3O/c1-13-10-6-9-7-4-2-3-5-8(7)11-12-9/h2-5,10H,6H2,1H3,(H,11,12). The zero-order valence-electron chi connectivity index (χ0n) is 7.37. The summed E-state index contributed by atoms with van der Waals surface area (Å²) in [5.74, 6) is 0. The van der Waals surface area contributed by atoms with Gasteiger partial charge in [0.2, 0.25) is 0 Å². The van der Waals surface area contributed by atoms with Gasteiger partial charge in [0.1, 0.15) is 0 Å². The van der Waals surface area contributed by atoms with Crippen LogP contribution in [0.1, 0.15) is 5.69 Å². The van der Waals surface area contributed by atoms with Crippen LogP contribution in [0.4, 0.5) is 0 Å². The molecule has 0 spiro atoms. The van der Waals surface area contributed by atoms with E-state index in [0.717, 1.165) is 16.6 Å². The number of aromatic nitrogens is 2. The number of aromatic amines is 1. The Hall–Kier alpha value is -1.39. The lowest BCUT2D eigenvalue weighted by atomic mass is 10.2. The summed E-state index contributed by atoms with van der Waals surface area (Å²) >= 11 is 0. The second kappa shape index (κ2) is 3.55. The minimum absolute atomic E-state index is 0.636. The van der Waals surface area contributed by atoms with Crippen molar-refractivity contribution in [2.45, 2.75) is 6.54 Å². The molecule has 0 saturated heterocycles. The van der Waals surface area contributed by atoms with Crippen molar-refractivity contribution in [3.8, 4) is 0 Å². The van der Waals surface area contributed by atoms with Crippen LogP contribution in [0.3, 0.4) is 0 Å². The minimum Gasteiger partial charge on any atom is -0.305 e. The number of hydroxylamine groups is 1. The van der Waals surface area contributed by atoms with Crippen LogP contribution in [0.2, 0.25) is 0 Å². The van der Waals surface area contributed by atoms with Crippen LogP contribution in [0.5, 0.6) is 0 Å². The number of para-hydroxylation sites is 1. The van der Waals surface area contributed by atoms with Crippen LogP contribution < -0.4 is 5.48 Å². The molecule has 0 amide bonds. The predicted molar refractivity (Wildman–Crippen MR) is 49.9 cm³/mol. The van der Waals surface area contributed by atoms with E-state index in [-0.39, 0.29) is 0 Å². The van der Waals surface area contributed by atoms with Crippen molar-refractivity contribution in [2.24, 2.45) is 0 Å². The number of rotatable bonds is 3. The maximum Gasteiger partial charge on any atom is 0.0924 e. The topological polar surface area (TPSA) is 49.9 Å². The summed E-state index contributed by atoms with van der Waals surface area (Å²) in [5.41, 5.74) is 4.79. The Balaban J connectivity index is 2.35. The lowest BCUT2D eigenvalue weighted by Crippen LogP contribution is -2.11. The number of nitrogens with one attached hydrogen (secondary N) is 2. The van der Waals surface area contributed by atoms with E-state index in [9.17, 15) is 0 Å². The average Bonchev–Trinajstić information content (AvgIpc) is 2.58. The number of hydrogen-bond donors (Lipinski definition) is 2. The SMILES string of the molecule is CONCc1[nH]nc2ccccc12. The van der Waals surface area contributed by atoms with Gasteiger partial charge in [0.25, 0.3) is 0 Å². The van der Waals surface area contributed by atoms with Crippen molar-refractivity contribution < 1.29 is 4.84 Å². The van der Waals surface area contributed by atoms with E-state index in [1.165, 1.54) is 0 Å². The van der Waals surface area contributed by atoms with Crippen LogP contribution in [0.15, 0.2) is 24.3 Å². The lowest BCUT2D eigenvalue weighted by Gasteiger charge is -1.98. The fourth-order valence-corrected chi connectivity index (χ4v) is 1.29. The van der Waals surface area contributed by atoms with Gasteiger partial charge in [-0.3, -0.25) is 5.10 Å². The molecule has 0 aliphatic rings. The van der Waals surface area contributed by atoms with Crippen molar-refractivity contribution >= 4 is 10.9 Å². The second-order valence-corrected chi connectivity index (χ2v) is 2.74. The van der Waals surface area contributed by atoms with Gasteiger partial charge in [0, 0.05) is 5.39 Å². The maximum atomic E-state index is 4.77. The minimum atomic E-state index is 0.636. The van der Waals surface area contributed by atoms with Gasteiger partial charge in [-0.05, 0) is 6.07 Å². The zero-order valence-corrected chi connectivity index (χ0v) is 7.37. The number of nitrogens with zero attached hydrogens (tertiary/aromatic N) is 1. The van der Waals surface area contributed by atoms with Gasteiger partial charge in [-0.2, -0.15) is 10.6 Å². The molecule has 0 bridgehead atoms. The molecule has 2 aromatic rings. The molecule has 4 heteroatoms. The Labute approximate surface area is 75.9 Å². The van der Waals surface area contributed by atoms with E-state index < -0.39 is 0 Å². The van der Waals surface area contributed by atoms with Gasteiger partial charge in [0.05, 0.1) is 24.9 Å². The zero-order chi connectivity index (χ0) is 9.10. The third-order valence-electron chi connectivity index (χ3n) is 1.93. The molecule has 2 N–H and O–H groups in total. The third kappa shape index (κ3) is 1.54. The Morgan fingerprint density at radius 1 is 1.46 bits per heavy atom. The number of hydrogen-bond acceptors (Lipinski definition) is 3. The van der Waals surface area contributed by atoms with Crippen LogP contribution in [0, 0.1) is 0 Å². The van der Waals surface area contributed by atoms with E-state index in [2.05, 4.69) is 15.7 Å². The molecule has 0 unspecified atom stereocenters. The first kappa shape index (κ1) is 8.22. The molecule has 1 aromatic heterocycles. The summed E-state index contributed by atoms with van der Waals surface area (Å²) in [6.45, 7) is 0.636. The smallest absolute Gasteiger partial charge is 0.0924 e. The number of benzene rings is 1. The number of H-pyrrole nitrogens is 1. The molecule has 0 fully saturated rings. The van der Waals surface area contributed by atoms with Crippen LogP contribution >= 0.6 is 0 Å². The Morgan fingerprint density at radius 2 is 2.31 bits per heavy atom. The highest BCUT2D eigenvalue weighted by Gasteiger charge is 2.02. The van der Waals surface area contributed by atoms with Gasteiger partial charge in [0.15, 0.2) is 0 Å². The molecule has 0 aliphatic carbocycles. The summed E-state index contributed by atoms with van der Waals surface area (Å²) in [6.07, 6.45) is 0. The largest absolute Gasteiger partial charge is 0.305 e. The third-order valence-corrected chi connectivity index (χ3v) is 1.93. The molecule has 68 valence electrons. The quantitative estimate of drug-likeness (QED) is 0.693. The van der Waals surface area contributed by atoms with Gasteiger partial charge >= 0.3 is 0 Å². The normalized spacial score (nSPS) is 10.8. The van der Waals surface area contributed by atoms with Gasteiger partial charge in [-0.25, -0.2) is 0 Å². The van der Waals surface area contributed by atoms with Crippen LogP contribution in [0.25, 0.3) is 10.9 Å². The molecular weight excluding hydrogens is 166 g/mol. The van der Waals surface area contributed by atoms with Gasteiger partial charge < -0.3 is 4.84 Å². The van der Waals surface area contributed by atoms with E-state index in [1.807, 2.05) is 24.3 Å². The summed E-state index contributed by atoms with van der Waals surface area (Å²) in [6, 6.07) is 7.97. The van der Waals surface area contributed by atoms with E-state index in [1.54, 1.807) is 7.11 Å². The highest BCUT2D eigenvalue weighted by Crippen LogP contribution is 2.14. The fourth-order valence-electron chi connectivity index (χ4n) is 1.29. The molecule has 1 heterocycles. The number of fused-ring (bicyclic) bond motifs is 1. The Bertz CT molecular complexity index is 396. The first-order valence-corrected chi connectivity index (χ1v) is 4.09. The van der Waals surface area contributed by atoms with Crippen LogP contribution in [-0.2, 0) is 11.4 Å². The highest BCUT2D eigenvalue weighted by molar-refractivity contribution is 5.80. The van der Waals surface area contributed by atoms with Crippen molar-refractivity contribution in [3.05, 3.63) is 30.0 Å². The van der Waals surface area contributed by atoms with E-state index in [0.29, 0.717) is 6.54 Å². The maximum absolute atomic E-state index is 4.77. The van der Waals surface area contributed by atoms with Crippen molar-refractivity contribution in [1.82, 2.24) is 15.7 Å². The first-order chi connectivity index (χ1) is 6.42. The molecule has 0 saturated carbocycles. The van der Waals surface area contributed by atoms with Gasteiger partial charge in [-0.1, -0.05) is 18.2 Å². The fraction of sp³-hybridized carbons (Fsp3) is 0.222. The molecule has 2 rings (SSSR count). The monoisotopic (exact) mass is 177 g/mol. The average molecular weight is 177 g/mol. The molecule has 0 radical (unpaired) electrons. The Kier molecular flexibility index (Phi) is 2.25. The van der Waals surface area contributed by atoms with Crippen molar-refractivity contribution in [2.75, 3.05) is 7.11 Å². The first-order valence-electron chi connectivity index (χ1n) is 4.09. The second-order valence-electron chi connectivity index (χ2n) is 2.74. The lowest BCUT2D eigenvalue weighted by molar-refractivity contribution is 0.0861. The summed E-state index contributed by atoms with van der Waals surface area (Å²) in [5, 5.41) is 8.24. The van der Waals surface area contributed by atoms with E-state index in [4.69, 9.17) is 4.84 Å². The molecule has 13 heavy (non-hydrogen) atoms. The van der Waals surface area contributed by atoms with Crippen molar-refractivity contribution in [1.29, 1.82) is 0 Å². The van der Waals surface area contributed by atoms with E-state index >= 15 is 0 Å². The molecule has 0 aliphatic heterocycles. The van der Waals surface area contributed by atoms with Gasteiger partial charge in [-0.15, -0.1) is 0 Å². The molecule has 0 atom stereocenters. The molecule has 1 aromatic carbocycles. The molecular formula is C9H11N3O. The summed E-state index contributed by atoms with van der Waals surface area (Å²) < 4.78 is 0. The Morgan fingerprint density at radius 3 is 3.15 bits per heavy atom. The summed E-state index contributed by atoms with van der Waals surface area (Å²) in [4.78, 5) is 4.77. The van der Waals surface area contributed by atoms with Crippen molar-refractivity contribution in [3.63, 3.8) is 0 Å². The summed E-state index contributed by atoms with van der Waals surface area (Å²) in [7, 11) is 1.60. The predicted octanol–water partition coefficient (Wildman–Crippen LogP) is 1.21. The molecule has 4 nitrogen and oxygen atoms in total.